The predicted molar refractivity (Wildman–Crippen MR) is 80.3 cm³/mol. The Morgan fingerprint density at radius 3 is 2.53 bits per heavy atom. The molecule has 0 radical (unpaired) electrons. The van der Waals surface area contributed by atoms with Crippen LogP contribution in [0.15, 0.2) is 0 Å². The summed E-state index contributed by atoms with van der Waals surface area (Å²) in [4.78, 5) is 5.11. The maximum Gasteiger partial charge on any atom is 0.0695 e. The van der Waals surface area contributed by atoms with Gasteiger partial charge in [-0.15, -0.1) is 0 Å². The van der Waals surface area contributed by atoms with Gasteiger partial charge in [0.05, 0.1) is 6.10 Å². The van der Waals surface area contributed by atoms with Crippen LogP contribution in [0.2, 0.25) is 0 Å². The van der Waals surface area contributed by atoms with Gasteiger partial charge in [-0.05, 0) is 44.6 Å². The maximum absolute atomic E-state index is 10.4. The van der Waals surface area contributed by atoms with Crippen LogP contribution in [0.3, 0.4) is 0 Å². The van der Waals surface area contributed by atoms with E-state index in [9.17, 15) is 5.11 Å². The van der Waals surface area contributed by atoms with Crippen LogP contribution >= 0.6 is 0 Å². The first-order chi connectivity index (χ1) is 9.02. The fourth-order valence-corrected chi connectivity index (χ4v) is 3.95. The molecule has 0 spiro atoms. The summed E-state index contributed by atoms with van der Waals surface area (Å²) in [6, 6.07) is 1.04. The lowest BCUT2D eigenvalue weighted by atomic mass is 9.77. The number of aliphatic hydroxyl groups excluding tert-OH is 1. The number of hydrogen-bond acceptors (Lipinski definition) is 3. The third-order valence-electron chi connectivity index (χ3n) is 5.44. The van der Waals surface area contributed by atoms with Crippen molar-refractivity contribution in [1.29, 1.82) is 0 Å². The van der Waals surface area contributed by atoms with Crippen LogP contribution < -0.4 is 0 Å². The maximum atomic E-state index is 10.4. The Labute approximate surface area is 119 Å². The van der Waals surface area contributed by atoms with Crippen LogP contribution in [0.4, 0.5) is 0 Å². The van der Waals surface area contributed by atoms with Crippen molar-refractivity contribution in [2.75, 3.05) is 26.2 Å². The molecule has 2 aliphatic rings. The highest BCUT2D eigenvalue weighted by Crippen LogP contribution is 2.33. The first-order valence-electron chi connectivity index (χ1n) is 8.19. The highest BCUT2D eigenvalue weighted by molar-refractivity contribution is 4.91. The van der Waals surface area contributed by atoms with Gasteiger partial charge in [-0.25, -0.2) is 0 Å². The number of aliphatic hydroxyl groups is 1. The Morgan fingerprint density at radius 1 is 1.21 bits per heavy atom. The summed E-state index contributed by atoms with van der Waals surface area (Å²) in [5.74, 6) is 1.55. The normalized spacial score (nSPS) is 38.8. The van der Waals surface area contributed by atoms with E-state index >= 15 is 0 Å². The van der Waals surface area contributed by atoms with E-state index in [1.807, 2.05) is 0 Å². The Kier molecular flexibility index (Phi) is 5.27. The predicted octanol–water partition coefficient (Wildman–Crippen LogP) is 2.20. The van der Waals surface area contributed by atoms with E-state index in [0.29, 0.717) is 12.1 Å². The molecule has 3 heteroatoms. The summed E-state index contributed by atoms with van der Waals surface area (Å²) in [7, 11) is 0. The van der Waals surface area contributed by atoms with Gasteiger partial charge in [-0.1, -0.05) is 20.8 Å². The first kappa shape index (κ1) is 15.3. The number of rotatable bonds is 3. The molecular formula is C16H32N2O. The molecule has 0 aromatic rings. The van der Waals surface area contributed by atoms with Crippen LogP contribution in [0.25, 0.3) is 0 Å². The summed E-state index contributed by atoms with van der Waals surface area (Å²) in [5, 5.41) is 10.4. The molecule has 3 nitrogen and oxygen atoms in total. The minimum absolute atomic E-state index is 0.102. The molecule has 1 heterocycles. The molecule has 4 unspecified atom stereocenters. The minimum Gasteiger partial charge on any atom is -0.391 e. The van der Waals surface area contributed by atoms with Crippen molar-refractivity contribution < 1.29 is 5.11 Å². The third kappa shape index (κ3) is 3.50. The second kappa shape index (κ2) is 6.55. The second-order valence-corrected chi connectivity index (χ2v) is 6.92. The molecule has 0 aromatic carbocycles. The number of nitrogens with zero attached hydrogens (tertiary/aromatic N) is 2. The minimum atomic E-state index is -0.102. The summed E-state index contributed by atoms with van der Waals surface area (Å²) in [5.41, 5.74) is 0. The lowest BCUT2D eigenvalue weighted by Crippen LogP contribution is -2.58. The third-order valence-corrected chi connectivity index (χ3v) is 5.44. The van der Waals surface area contributed by atoms with Gasteiger partial charge in [0, 0.05) is 31.7 Å². The average molecular weight is 268 g/mol. The molecular weight excluding hydrogens is 236 g/mol. The average Bonchev–Trinajstić information content (AvgIpc) is 2.38. The van der Waals surface area contributed by atoms with Gasteiger partial charge in [-0.2, -0.15) is 0 Å². The van der Waals surface area contributed by atoms with E-state index in [2.05, 4.69) is 37.5 Å². The highest BCUT2D eigenvalue weighted by atomic mass is 16.3. The van der Waals surface area contributed by atoms with E-state index < -0.39 is 0 Å². The molecule has 1 N–H and O–H groups in total. The quantitative estimate of drug-likeness (QED) is 0.850. The molecule has 2 fully saturated rings. The lowest BCUT2D eigenvalue weighted by Gasteiger charge is -2.47. The van der Waals surface area contributed by atoms with Gasteiger partial charge in [0.15, 0.2) is 0 Å². The molecule has 1 aliphatic heterocycles. The molecule has 2 rings (SSSR count). The van der Waals surface area contributed by atoms with Crippen LogP contribution in [-0.4, -0.2) is 59.3 Å². The molecule has 19 heavy (non-hydrogen) atoms. The number of likely N-dealkylation sites (N-methyl/N-ethyl adjacent to an activating group) is 1. The number of hydrogen-bond donors (Lipinski definition) is 1. The molecule has 0 aromatic heterocycles. The molecule has 0 amide bonds. The molecule has 0 bridgehead atoms. The van der Waals surface area contributed by atoms with Gasteiger partial charge in [0.1, 0.15) is 0 Å². The van der Waals surface area contributed by atoms with Crippen LogP contribution in [0, 0.1) is 11.8 Å². The standard InChI is InChI=1S/C16H32N2O/c1-5-17-8-9-18(11-13(17)4)15-10-14(12(2)3)6-7-16(15)19/h12-16,19H,5-11H2,1-4H3. The van der Waals surface area contributed by atoms with Crippen molar-refractivity contribution in [3.05, 3.63) is 0 Å². The Balaban J connectivity index is 1.96. The summed E-state index contributed by atoms with van der Waals surface area (Å²) >= 11 is 0. The summed E-state index contributed by atoms with van der Waals surface area (Å²) in [6.07, 6.45) is 3.29. The van der Waals surface area contributed by atoms with Crippen molar-refractivity contribution in [3.8, 4) is 0 Å². The molecule has 1 saturated carbocycles. The molecule has 1 saturated heterocycles. The smallest absolute Gasteiger partial charge is 0.0695 e. The van der Waals surface area contributed by atoms with Crippen LogP contribution in [0.1, 0.15) is 47.0 Å². The fraction of sp³-hybridized carbons (Fsp3) is 1.00. The van der Waals surface area contributed by atoms with Crippen LogP contribution in [-0.2, 0) is 0 Å². The van der Waals surface area contributed by atoms with Crippen molar-refractivity contribution in [1.82, 2.24) is 9.80 Å². The van der Waals surface area contributed by atoms with Crippen molar-refractivity contribution in [2.24, 2.45) is 11.8 Å². The highest BCUT2D eigenvalue weighted by Gasteiger charge is 2.36. The van der Waals surface area contributed by atoms with E-state index in [0.717, 1.165) is 44.4 Å². The zero-order chi connectivity index (χ0) is 14.0. The molecule has 4 atom stereocenters. The molecule has 112 valence electrons. The van der Waals surface area contributed by atoms with Gasteiger partial charge >= 0.3 is 0 Å². The van der Waals surface area contributed by atoms with Crippen molar-refractivity contribution >= 4 is 0 Å². The number of piperazine rings is 1. The van der Waals surface area contributed by atoms with E-state index in [-0.39, 0.29) is 6.10 Å². The van der Waals surface area contributed by atoms with Crippen molar-refractivity contribution in [3.63, 3.8) is 0 Å². The molecule has 1 aliphatic carbocycles. The topological polar surface area (TPSA) is 26.7 Å². The first-order valence-corrected chi connectivity index (χ1v) is 8.19. The van der Waals surface area contributed by atoms with Gasteiger partial charge < -0.3 is 5.11 Å². The van der Waals surface area contributed by atoms with E-state index in [4.69, 9.17) is 0 Å². The Bertz CT molecular complexity index is 282. The van der Waals surface area contributed by atoms with E-state index in [1.54, 1.807) is 0 Å². The van der Waals surface area contributed by atoms with Gasteiger partial charge in [0.2, 0.25) is 0 Å². The monoisotopic (exact) mass is 268 g/mol. The summed E-state index contributed by atoms with van der Waals surface area (Å²) < 4.78 is 0. The summed E-state index contributed by atoms with van der Waals surface area (Å²) in [6.45, 7) is 13.8. The van der Waals surface area contributed by atoms with Crippen LogP contribution in [0.5, 0.6) is 0 Å². The van der Waals surface area contributed by atoms with E-state index in [1.165, 1.54) is 12.8 Å². The van der Waals surface area contributed by atoms with Crippen molar-refractivity contribution in [2.45, 2.75) is 65.1 Å². The zero-order valence-corrected chi connectivity index (χ0v) is 13.2. The zero-order valence-electron chi connectivity index (χ0n) is 13.2. The SMILES string of the molecule is CCN1CCN(C2CC(C(C)C)CCC2O)CC1C. The van der Waals surface area contributed by atoms with Gasteiger partial charge in [-0.3, -0.25) is 9.80 Å². The lowest BCUT2D eigenvalue weighted by molar-refractivity contribution is -0.0344. The Hall–Kier alpha value is -0.120. The second-order valence-electron chi connectivity index (χ2n) is 6.92. The fourth-order valence-electron chi connectivity index (χ4n) is 3.95. The Morgan fingerprint density at radius 2 is 1.95 bits per heavy atom. The largest absolute Gasteiger partial charge is 0.391 e. The van der Waals surface area contributed by atoms with Gasteiger partial charge in [0.25, 0.3) is 0 Å².